The van der Waals surface area contributed by atoms with E-state index in [0.717, 1.165) is 31.2 Å². The fraction of sp³-hybridized carbons (Fsp3) is 0.474. The third kappa shape index (κ3) is 5.37. The number of carbonyl (C=O) groups is 1. The molecule has 0 aliphatic rings. The molecule has 0 aromatic heterocycles. The minimum Gasteiger partial charge on any atom is -0.462 e. The third-order valence-electron chi connectivity index (χ3n) is 4.35. The Morgan fingerprint density at radius 3 is 1.59 bits per heavy atom. The van der Waals surface area contributed by atoms with E-state index in [2.05, 4.69) is 9.73 Å². The fourth-order valence-electron chi connectivity index (χ4n) is 2.35. The van der Waals surface area contributed by atoms with Crippen LogP contribution >= 0.6 is 0 Å². The van der Waals surface area contributed by atoms with Gasteiger partial charge < -0.3 is 4.74 Å². The molecule has 0 saturated carbocycles. The Hall–Kier alpha value is -2.95. The molecule has 18 heteroatoms. The highest BCUT2D eigenvalue weighted by Crippen LogP contribution is 2.63. The second kappa shape index (κ2) is 10.1. The number of halogens is 15. The molecule has 3 nitrogen and oxygen atoms in total. The molecule has 0 bridgehead atoms. The largest absolute Gasteiger partial charge is 0.462 e. The molecule has 0 fully saturated rings. The van der Waals surface area contributed by atoms with Crippen LogP contribution in [0.5, 0.6) is 0 Å². The van der Waals surface area contributed by atoms with E-state index in [4.69, 9.17) is 0 Å². The number of alkyl halides is 15. The van der Waals surface area contributed by atoms with Crippen LogP contribution in [0, 0.1) is 0 Å². The first-order valence-electron chi connectivity index (χ1n) is 9.25. The lowest BCUT2D eigenvalue weighted by Gasteiger charge is -2.41. The summed E-state index contributed by atoms with van der Waals surface area (Å²) >= 11 is 0. The zero-order valence-corrected chi connectivity index (χ0v) is 17.7. The lowest BCUT2D eigenvalue weighted by atomic mass is 9.90. The van der Waals surface area contributed by atoms with Crippen molar-refractivity contribution < 1.29 is 75.4 Å². The number of allylic oxidation sites excluding steroid dienone is 1. The van der Waals surface area contributed by atoms with E-state index in [1.165, 1.54) is 6.07 Å². The van der Waals surface area contributed by atoms with Crippen molar-refractivity contribution in [1.29, 1.82) is 0 Å². The normalized spacial score (nSPS) is 15.3. The van der Waals surface area contributed by atoms with Crippen molar-refractivity contribution in [1.82, 2.24) is 0 Å². The summed E-state index contributed by atoms with van der Waals surface area (Å²) in [4.78, 5) is 13.7. The maximum atomic E-state index is 14.6. The van der Waals surface area contributed by atoms with E-state index in [-0.39, 0.29) is 12.3 Å². The van der Waals surface area contributed by atoms with Crippen molar-refractivity contribution in [2.45, 2.75) is 48.6 Å². The van der Waals surface area contributed by atoms with Crippen LogP contribution < -0.4 is 0 Å². The first-order valence-corrected chi connectivity index (χ1v) is 9.25. The lowest BCUT2D eigenvalue weighted by Crippen LogP contribution is -2.72. The van der Waals surface area contributed by atoms with Crippen molar-refractivity contribution in [3.63, 3.8) is 0 Å². The van der Waals surface area contributed by atoms with Gasteiger partial charge >= 0.3 is 47.7 Å². The van der Waals surface area contributed by atoms with Gasteiger partial charge in [-0.1, -0.05) is 30.3 Å². The molecule has 37 heavy (non-hydrogen) atoms. The van der Waals surface area contributed by atoms with Crippen LogP contribution in [0.2, 0.25) is 0 Å². The van der Waals surface area contributed by atoms with Crippen LogP contribution in [-0.2, 0) is 9.53 Å². The van der Waals surface area contributed by atoms with Gasteiger partial charge in [0.15, 0.2) is 0 Å². The molecule has 210 valence electrons. The standard InChI is InChI=1S/C19H12F15NO2/c1-2-37-12(36)9-35-11(8-10-6-4-3-5-7-10)13(20,21)14(22,23)15(24,25)16(26,27)17(28,29)18(30,31)19(32,33)34/h3-9H,2H2,1H3/b11-8+,35-9?. The Bertz CT molecular complexity index is 1010. The summed E-state index contributed by atoms with van der Waals surface area (Å²) in [5, 5.41) is 0. The van der Waals surface area contributed by atoms with Gasteiger partial charge in [0.2, 0.25) is 0 Å². The molecular formula is C19H12F15NO2. The maximum Gasteiger partial charge on any atom is 0.460 e. The summed E-state index contributed by atoms with van der Waals surface area (Å²) in [6.07, 6.45) is -8.23. The van der Waals surface area contributed by atoms with Gasteiger partial charge in [-0.2, -0.15) is 65.9 Å². The highest BCUT2D eigenvalue weighted by molar-refractivity contribution is 6.23. The number of rotatable bonds is 10. The molecule has 1 aromatic rings. The van der Waals surface area contributed by atoms with Gasteiger partial charge in [0.25, 0.3) is 0 Å². The summed E-state index contributed by atoms with van der Waals surface area (Å²) in [6.45, 7) is 0.677. The number of esters is 1. The quantitative estimate of drug-likeness (QED) is 0.172. The SMILES string of the molecule is CCOC(=O)C=N/C(=C/c1ccccc1)C(F)(F)C(F)(F)C(F)(F)C(F)(F)C(F)(F)C(F)(F)C(F)(F)F. The molecule has 0 amide bonds. The van der Waals surface area contributed by atoms with Crippen LogP contribution in [0.1, 0.15) is 12.5 Å². The first kappa shape index (κ1) is 32.1. The monoisotopic (exact) mass is 571 g/mol. The highest BCUT2D eigenvalue weighted by atomic mass is 19.4. The first-order chi connectivity index (χ1) is 16.4. The molecule has 0 spiro atoms. The van der Waals surface area contributed by atoms with Gasteiger partial charge in [-0.25, -0.2) is 9.79 Å². The number of carbonyl (C=O) groups excluding carboxylic acids is 1. The molecule has 0 saturated heterocycles. The Kier molecular flexibility index (Phi) is 8.73. The Balaban J connectivity index is 3.80. The topological polar surface area (TPSA) is 38.7 Å². The van der Waals surface area contributed by atoms with Gasteiger partial charge in [0.05, 0.1) is 6.61 Å². The number of ether oxygens (including phenoxy) is 1. The van der Waals surface area contributed by atoms with Crippen LogP contribution in [-0.4, -0.2) is 60.5 Å². The highest BCUT2D eigenvalue weighted by Gasteiger charge is 2.93. The molecule has 0 aliphatic carbocycles. The molecule has 0 heterocycles. The second-order valence-electron chi connectivity index (χ2n) is 6.89. The molecule has 0 radical (unpaired) electrons. The zero-order chi connectivity index (χ0) is 29.3. The number of benzene rings is 1. The zero-order valence-electron chi connectivity index (χ0n) is 17.7. The van der Waals surface area contributed by atoms with Gasteiger partial charge in [0, 0.05) is 0 Å². The van der Waals surface area contributed by atoms with E-state index >= 15 is 0 Å². The van der Waals surface area contributed by atoms with Crippen LogP contribution in [0.3, 0.4) is 0 Å². The summed E-state index contributed by atoms with van der Waals surface area (Å²) in [7, 11) is 0. The number of hydrogen-bond donors (Lipinski definition) is 0. The van der Waals surface area contributed by atoms with Crippen molar-refractivity contribution >= 4 is 18.3 Å². The number of nitrogens with zero attached hydrogens (tertiary/aromatic N) is 1. The van der Waals surface area contributed by atoms with Crippen molar-refractivity contribution in [2.75, 3.05) is 6.61 Å². The molecule has 0 aliphatic heterocycles. The second-order valence-corrected chi connectivity index (χ2v) is 6.89. The van der Waals surface area contributed by atoms with Crippen LogP contribution in [0.4, 0.5) is 65.9 Å². The van der Waals surface area contributed by atoms with E-state index in [1.807, 2.05) is 0 Å². The molecule has 0 N–H and O–H groups in total. The van der Waals surface area contributed by atoms with Gasteiger partial charge in [-0.05, 0) is 18.6 Å². The third-order valence-corrected chi connectivity index (χ3v) is 4.35. The lowest BCUT2D eigenvalue weighted by molar-refractivity contribution is -0.450. The predicted molar refractivity (Wildman–Crippen MR) is 95.3 cm³/mol. The maximum absolute atomic E-state index is 14.6. The minimum absolute atomic E-state index is 0.208. The summed E-state index contributed by atoms with van der Waals surface area (Å²) in [5.74, 6) is -49.5. The molecule has 0 unspecified atom stereocenters. The van der Waals surface area contributed by atoms with Crippen molar-refractivity contribution in [3.8, 4) is 0 Å². The van der Waals surface area contributed by atoms with E-state index < -0.39 is 65.5 Å². The number of aliphatic imine (C=N–C) groups is 1. The van der Waals surface area contributed by atoms with Crippen LogP contribution in [0.15, 0.2) is 41.0 Å². The van der Waals surface area contributed by atoms with E-state index in [0.29, 0.717) is 0 Å². The summed E-state index contributed by atoms with van der Waals surface area (Å²) in [5.41, 5.74) is -3.28. The van der Waals surface area contributed by atoms with E-state index in [9.17, 15) is 70.7 Å². The van der Waals surface area contributed by atoms with Gasteiger partial charge in [-0.15, -0.1) is 0 Å². The predicted octanol–water partition coefficient (Wildman–Crippen LogP) is 7.04. The van der Waals surface area contributed by atoms with Crippen molar-refractivity contribution in [3.05, 3.63) is 41.6 Å². The van der Waals surface area contributed by atoms with Crippen molar-refractivity contribution in [2.24, 2.45) is 4.99 Å². The Morgan fingerprint density at radius 2 is 1.16 bits per heavy atom. The molecule has 1 rings (SSSR count). The van der Waals surface area contributed by atoms with Crippen LogP contribution in [0.25, 0.3) is 6.08 Å². The Morgan fingerprint density at radius 1 is 0.730 bits per heavy atom. The average molecular weight is 571 g/mol. The molecular weight excluding hydrogens is 559 g/mol. The van der Waals surface area contributed by atoms with E-state index in [1.54, 1.807) is 0 Å². The summed E-state index contributed by atoms with van der Waals surface area (Å²) in [6, 6.07) is 4.93. The summed E-state index contributed by atoms with van der Waals surface area (Å²) < 4.78 is 206. The van der Waals surface area contributed by atoms with Gasteiger partial charge in [0.1, 0.15) is 11.9 Å². The average Bonchev–Trinajstić information content (AvgIpc) is 2.75. The van der Waals surface area contributed by atoms with Gasteiger partial charge in [-0.3, -0.25) is 0 Å². The number of hydrogen-bond acceptors (Lipinski definition) is 3. The molecule has 0 atom stereocenters. The fourth-order valence-corrected chi connectivity index (χ4v) is 2.35. The smallest absolute Gasteiger partial charge is 0.460 e. The minimum atomic E-state index is -8.44. The Labute approximate surface area is 196 Å². The molecule has 1 aromatic carbocycles.